The minimum atomic E-state index is -5.01. The van der Waals surface area contributed by atoms with E-state index in [1.54, 1.807) is 70.1 Å². The summed E-state index contributed by atoms with van der Waals surface area (Å²) in [6, 6.07) is 21.4. The average Bonchev–Trinajstić information content (AvgIpc) is 1.38. The highest BCUT2D eigenvalue weighted by atomic mass is 31.2. The van der Waals surface area contributed by atoms with Gasteiger partial charge in [-0.25, -0.2) is 14.0 Å². The molecule has 10 rings (SSSR count). The van der Waals surface area contributed by atoms with Gasteiger partial charge in [0.05, 0.1) is 136 Å². The van der Waals surface area contributed by atoms with Crippen molar-refractivity contribution in [2.24, 2.45) is 23.2 Å². The van der Waals surface area contributed by atoms with Crippen LogP contribution in [-0.2, 0) is 110 Å². The van der Waals surface area contributed by atoms with Crippen LogP contribution in [0.2, 0.25) is 0 Å². The average molecular weight is 2130 g/mol. The minimum absolute atomic E-state index is 0.00204. The molecule has 16 unspecified atom stereocenters. The Bertz CT molecular complexity index is 4910. The van der Waals surface area contributed by atoms with Gasteiger partial charge in [0, 0.05) is 163 Å². The first-order valence-electron chi connectivity index (χ1n) is 53.6. The lowest BCUT2D eigenvalue weighted by Gasteiger charge is -2.41. The van der Waals surface area contributed by atoms with Crippen LogP contribution in [-0.4, -0.2) is 323 Å². The Morgan fingerprint density at radius 1 is 0.413 bits per heavy atom. The summed E-state index contributed by atoms with van der Waals surface area (Å²) in [7, 11) is -0.288. The number of nitrogens with one attached hydrogen (secondary N) is 1. The van der Waals surface area contributed by atoms with Gasteiger partial charge in [0.25, 0.3) is 7.82 Å². The molecule has 7 heterocycles. The number of carbonyl (C=O) groups excluding carboxylic acids is 8. The number of amides is 2. The van der Waals surface area contributed by atoms with E-state index in [1.807, 2.05) is 72.8 Å². The number of aromatic nitrogens is 9. The summed E-state index contributed by atoms with van der Waals surface area (Å²) in [5, 5.41) is 105. The number of phosphoric acid groups is 1. The normalized spacial score (nSPS) is 23.2. The van der Waals surface area contributed by atoms with Crippen LogP contribution in [0.5, 0.6) is 17.2 Å². The number of Topliss-reactive ketones (excluding diaryl/α,β-unsaturated/α-hetero) is 6. The zero-order chi connectivity index (χ0) is 108. The molecule has 43 heteroatoms. The number of β-amino-alcohol motifs (C(OH)–C–C–N with tert-alkyl or cyclic N) is 1. The lowest BCUT2D eigenvalue weighted by Crippen LogP contribution is -2.55. The molecule has 0 radical (unpaired) electrons. The lowest BCUT2D eigenvalue weighted by molar-refractivity contribution is -0.280. The number of aliphatic hydroxyl groups excluding tert-OH is 7. The van der Waals surface area contributed by atoms with E-state index in [9.17, 15) is 83.6 Å². The van der Waals surface area contributed by atoms with Crippen molar-refractivity contribution in [1.29, 1.82) is 0 Å². The summed E-state index contributed by atoms with van der Waals surface area (Å²) >= 11 is 0. The maximum atomic E-state index is 14.4. The standard InChI is InChI=1S/C107H162N11O31P/c1-73-98(128)101(131)93(66-115-63-90(109-112-115)76-31-27-43-87(57-76)137-4)147-104(73)143-51-24-21-38-80(119)34-16-13-18-36-83(122)47-54-140-70-107(61-85(124)41-15-11-9-7-8-10-12-20-46-97(127)118-62-86(125)60-79(118)69-146-150(134,135)136,72-142-56-49-96(126)108-50-30-42-82(121)40-23-26-53-145-106-75(3)100(130)103(133)95(149-106)68-117-65-92(111-114-117)78-33-29-45-89(59-78)139-6)71-141-55-48-84(123)37-19-14-17-35-81(120)39-22-25-52-144-105-74(2)99(129)102(132)94(148-105)67-116-64-91(110-113-116)77-32-28-44-88(58-77)138-5/h27-29,31-33,43-45,57-59,63-65,73-75,79,86,93-95,98-106,125,128-133H,7-26,30,34-42,46-56,60-62,66-72H2,1-6H3,(H,108,126)(H2,134,135,136)/p-1/t73?,74?,75?,79-,86+,93?,94?,95?,98?,99?,100?,101?,102?,103?,104?,105?,106?,107?/m0/s1. The van der Waals surface area contributed by atoms with Gasteiger partial charge in [-0.15, -0.1) is 15.3 Å². The second-order valence-corrected chi connectivity index (χ2v) is 41.6. The van der Waals surface area contributed by atoms with Crippen molar-refractivity contribution in [1.82, 2.24) is 55.2 Å². The molecule has 2 amide bonds. The molecule has 9 N–H and O–H groups in total. The summed E-state index contributed by atoms with van der Waals surface area (Å²) in [5.74, 6) is -0.270. The van der Waals surface area contributed by atoms with E-state index in [4.69, 9.17) is 61.7 Å². The molecule has 18 atom stereocenters. The number of ketones is 6. The predicted octanol–water partition coefficient (Wildman–Crippen LogP) is 9.85. The number of aliphatic hydroxyl groups is 7. The molecule has 0 saturated carbocycles. The Kier molecular flexibility index (Phi) is 53.7. The van der Waals surface area contributed by atoms with Crippen LogP contribution in [0.15, 0.2) is 91.4 Å². The molecular formula is C107H161N11O31P-. The van der Waals surface area contributed by atoms with Crippen molar-refractivity contribution in [3.63, 3.8) is 0 Å². The summed E-state index contributed by atoms with van der Waals surface area (Å²) in [6.45, 7) is 5.74. The number of likely N-dealkylation sites (tertiary alicyclic amines) is 1. The quantitative estimate of drug-likeness (QED) is 0.0127. The molecule has 4 saturated heterocycles. The molecule has 4 fully saturated rings. The fraction of sp³-hybridized carbons (Fsp3) is 0.701. The van der Waals surface area contributed by atoms with Crippen LogP contribution in [0.25, 0.3) is 33.8 Å². The second kappa shape index (κ2) is 65.6. The van der Waals surface area contributed by atoms with Crippen LogP contribution in [0.3, 0.4) is 0 Å². The molecule has 3 aromatic carbocycles. The van der Waals surface area contributed by atoms with Gasteiger partial charge in [-0.05, 0) is 126 Å². The molecule has 0 aliphatic carbocycles. The number of ether oxygens (including phenoxy) is 12. The van der Waals surface area contributed by atoms with Crippen molar-refractivity contribution in [3.05, 3.63) is 91.4 Å². The number of carbonyl (C=O) groups is 8. The second-order valence-electron chi connectivity index (χ2n) is 40.4. The fourth-order valence-electron chi connectivity index (χ4n) is 19.0. The van der Waals surface area contributed by atoms with E-state index in [-0.39, 0.29) is 209 Å². The molecule has 42 nitrogen and oxygen atoms in total. The van der Waals surface area contributed by atoms with Gasteiger partial charge in [0.15, 0.2) is 18.9 Å². The van der Waals surface area contributed by atoms with E-state index in [0.29, 0.717) is 156 Å². The first-order valence-corrected chi connectivity index (χ1v) is 55.1. The molecule has 150 heavy (non-hydrogen) atoms. The summed E-state index contributed by atoms with van der Waals surface area (Å²) in [5.41, 5.74) is 2.99. The number of unbranched alkanes of at least 4 members (excludes halogenated alkanes) is 14. The van der Waals surface area contributed by atoms with Crippen molar-refractivity contribution >= 4 is 54.3 Å². The monoisotopic (exact) mass is 2130 g/mol. The van der Waals surface area contributed by atoms with Crippen LogP contribution in [0.1, 0.15) is 252 Å². The van der Waals surface area contributed by atoms with E-state index >= 15 is 0 Å². The Labute approximate surface area is 878 Å². The van der Waals surface area contributed by atoms with Gasteiger partial charge >= 0.3 is 0 Å². The molecule has 6 aromatic rings. The molecule has 836 valence electrons. The molecule has 3 aromatic heterocycles. The number of hydrogen-bond acceptors (Lipinski definition) is 36. The predicted molar refractivity (Wildman–Crippen MR) is 545 cm³/mol. The Morgan fingerprint density at radius 3 is 1.09 bits per heavy atom. The molecule has 4 aliphatic rings. The SMILES string of the molecule is COc1cccc(-c2cn(CC3OC(OCCCCC(=O)CCCCCC(=O)CCOCC(COCCC(=O)CCCCCC(=O)CCCCOC4OC(Cn5cc(-c6cccc(OC)c6)nn5)C(O)C(O)C4C)(COCCC(=O)NCCCC(=O)CCCCOC4OC(Cn5cc(-c6cccc(OC)c6)nn5)C(O)C(O)C4C)CC(=O)CCCCCCCCCCC(=O)N4C[C@H](O)C[C@H]4COP(=O)([O-])O)C(C)C(O)C3O)nn2)c1. The lowest BCUT2D eigenvalue weighted by atomic mass is 9.83. The fourth-order valence-corrected chi connectivity index (χ4v) is 19.3. The van der Waals surface area contributed by atoms with Crippen molar-refractivity contribution in [2.45, 2.75) is 358 Å². The zero-order valence-electron chi connectivity index (χ0n) is 87.9. The summed E-state index contributed by atoms with van der Waals surface area (Å²) in [4.78, 5) is 129. The van der Waals surface area contributed by atoms with E-state index in [0.717, 1.165) is 55.2 Å². The maximum Gasteiger partial charge on any atom is 0.265 e. The van der Waals surface area contributed by atoms with Crippen LogP contribution < -0.4 is 24.4 Å². The molecule has 4 aliphatic heterocycles. The third-order valence-corrected chi connectivity index (χ3v) is 28.5. The van der Waals surface area contributed by atoms with Crippen molar-refractivity contribution in [2.75, 3.05) is 100 Å². The number of rotatable bonds is 77. The number of methoxy groups -OCH3 is 3. The van der Waals surface area contributed by atoms with Gasteiger partial charge < -0.3 is 117 Å². The molecule has 0 bridgehead atoms. The first-order chi connectivity index (χ1) is 72.3. The van der Waals surface area contributed by atoms with Gasteiger partial charge in [-0.3, -0.25) is 42.9 Å². The Morgan fingerprint density at radius 2 is 0.733 bits per heavy atom. The largest absolute Gasteiger partial charge is 0.756 e. The first kappa shape index (κ1) is 123. The topological polar surface area (TPSA) is 566 Å². The van der Waals surface area contributed by atoms with Crippen LogP contribution in [0, 0.1) is 23.2 Å². The van der Waals surface area contributed by atoms with Gasteiger partial charge in [-0.2, -0.15) is 0 Å². The molecular weight excluding hydrogens is 1970 g/mol. The van der Waals surface area contributed by atoms with Crippen LogP contribution >= 0.6 is 7.82 Å². The summed E-state index contributed by atoms with van der Waals surface area (Å²) in [6.07, 6.45) is 8.45. The maximum absolute atomic E-state index is 14.4. The minimum Gasteiger partial charge on any atom is -0.756 e. The Balaban J connectivity index is 0.666. The molecule has 0 spiro atoms. The van der Waals surface area contributed by atoms with Crippen molar-refractivity contribution < 1.29 is 150 Å². The smallest absolute Gasteiger partial charge is 0.265 e. The van der Waals surface area contributed by atoms with Crippen molar-refractivity contribution in [3.8, 4) is 51.0 Å². The number of phosphoric ester groups is 1. The third kappa shape index (κ3) is 42.6. The van der Waals surface area contributed by atoms with Gasteiger partial charge in [0.1, 0.15) is 106 Å². The van der Waals surface area contributed by atoms with E-state index < -0.39 is 124 Å². The number of nitrogens with zero attached hydrogens (tertiary/aromatic N) is 10. The van der Waals surface area contributed by atoms with Gasteiger partial charge in [0.2, 0.25) is 11.8 Å². The highest BCUT2D eigenvalue weighted by Crippen LogP contribution is 2.37. The zero-order valence-corrected chi connectivity index (χ0v) is 88.8. The number of hydrogen-bond donors (Lipinski definition) is 9. The highest BCUT2D eigenvalue weighted by Gasteiger charge is 2.47. The summed E-state index contributed by atoms with van der Waals surface area (Å²) < 4.78 is 92.1. The van der Waals surface area contributed by atoms with E-state index in [1.165, 1.54) is 9.58 Å². The van der Waals surface area contributed by atoms with Gasteiger partial charge in [-0.1, -0.05) is 124 Å². The highest BCUT2D eigenvalue weighted by molar-refractivity contribution is 7.44. The van der Waals surface area contributed by atoms with Crippen LogP contribution in [0.4, 0.5) is 0 Å². The third-order valence-electron chi connectivity index (χ3n) is 28.1. The number of benzene rings is 3. The van der Waals surface area contributed by atoms with E-state index in [2.05, 4.69) is 40.8 Å². The Hall–Kier alpha value is -9.09.